The number of benzene rings is 2. The normalized spacial score (nSPS) is 16.4. The average Bonchev–Trinajstić information content (AvgIpc) is 2.90. The number of carbonyl (C=O) groups is 2. The number of nitrogens with zero attached hydrogens (tertiary/aromatic N) is 4. The van der Waals surface area contributed by atoms with Crippen molar-refractivity contribution in [2.45, 2.75) is 32.7 Å². The van der Waals surface area contributed by atoms with Gasteiger partial charge >= 0.3 is 11.7 Å². The van der Waals surface area contributed by atoms with E-state index in [0.29, 0.717) is 24.9 Å². The second-order valence-corrected chi connectivity index (χ2v) is 8.60. The molecule has 188 valence electrons. The molecular weight excluding hydrogens is 467 g/mol. The molecule has 0 N–H and O–H groups in total. The number of hydrogen-bond acceptors (Lipinski definition) is 6. The Labute approximate surface area is 206 Å². The van der Waals surface area contributed by atoms with Crippen LogP contribution < -0.4 is 11.2 Å². The molecule has 3 aromatic rings. The van der Waals surface area contributed by atoms with E-state index in [1.54, 1.807) is 44.2 Å². The summed E-state index contributed by atoms with van der Waals surface area (Å²) < 4.78 is 21.4. The highest BCUT2D eigenvalue weighted by molar-refractivity contribution is 5.92. The highest BCUT2D eigenvalue weighted by Gasteiger charge is 2.33. The molecule has 2 heterocycles. The molecule has 2 atom stereocenters. The fourth-order valence-corrected chi connectivity index (χ4v) is 4.39. The lowest BCUT2D eigenvalue weighted by Gasteiger charge is -2.31. The van der Waals surface area contributed by atoms with Gasteiger partial charge in [0.2, 0.25) is 5.69 Å². The standard InChI is InChI=1S/C26H27FN4O5/c1-3-36-25(34)19-12-9-15-29(16-19)23(32)22-24(33)30(17(2)18-10-5-4-6-11-18)26(35)31(28-22)21-14-8-7-13-20(21)27/h4-8,10-11,13-14,17,19H,3,9,12,15-16H2,1-2H3/t17-,19+/m1/s1. The van der Waals surface area contributed by atoms with E-state index in [1.807, 2.05) is 0 Å². The Balaban J connectivity index is 1.84. The van der Waals surface area contributed by atoms with Crippen molar-refractivity contribution in [3.05, 3.63) is 92.5 Å². The Hall–Kier alpha value is -4.08. The molecular formula is C26H27FN4O5. The lowest BCUT2D eigenvalue weighted by atomic mass is 9.98. The number of rotatable bonds is 6. The SMILES string of the molecule is CCOC(=O)[C@H]1CCCN(C(=O)c2nn(-c3ccccc3F)c(=O)n([C@H](C)c3ccccc3)c2=O)C1. The molecule has 0 unspecified atom stereocenters. The number of hydrogen-bond donors (Lipinski definition) is 0. The Kier molecular flexibility index (Phi) is 7.42. The van der Waals surface area contributed by atoms with E-state index in [1.165, 1.54) is 23.1 Å². The predicted octanol–water partition coefficient (Wildman–Crippen LogP) is 2.56. The zero-order chi connectivity index (χ0) is 25.8. The van der Waals surface area contributed by atoms with Crippen molar-refractivity contribution < 1.29 is 18.7 Å². The summed E-state index contributed by atoms with van der Waals surface area (Å²) in [6.45, 7) is 3.95. The molecule has 2 aromatic carbocycles. The first-order chi connectivity index (χ1) is 17.3. The fourth-order valence-electron chi connectivity index (χ4n) is 4.39. The second-order valence-electron chi connectivity index (χ2n) is 8.60. The summed E-state index contributed by atoms with van der Waals surface area (Å²) in [5.74, 6) is -2.39. The van der Waals surface area contributed by atoms with Gasteiger partial charge in [0.15, 0.2) is 0 Å². The largest absolute Gasteiger partial charge is 0.466 e. The monoisotopic (exact) mass is 494 g/mol. The third-order valence-electron chi connectivity index (χ3n) is 6.29. The van der Waals surface area contributed by atoms with Gasteiger partial charge in [-0.25, -0.2) is 13.8 Å². The van der Waals surface area contributed by atoms with Crippen molar-refractivity contribution in [1.82, 2.24) is 19.2 Å². The molecule has 10 heteroatoms. The van der Waals surface area contributed by atoms with Gasteiger partial charge in [-0.2, -0.15) is 9.78 Å². The maximum Gasteiger partial charge on any atom is 0.352 e. The number of likely N-dealkylation sites (tertiary alicyclic amines) is 1. The lowest BCUT2D eigenvalue weighted by molar-refractivity contribution is -0.149. The summed E-state index contributed by atoms with van der Waals surface area (Å²) in [5.41, 5.74) is -1.81. The van der Waals surface area contributed by atoms with Crippen molar-refractivity contribution in [3.63, 3.8) is 0 Å². The summed E-state index contributed by atoms with van der Waals surface area (Å²) in [6, 6.07) is 13.6. The highest BCUT2D eigenvalue weighted by atomic mass is 19.1. The van der Waals surface area contributed by atoms with E-state index >= 15 is 0 Å². The number of para-hydroxylation sites is 1. The number of halogens is 1. The van der Waals surface area contributed by atoms with Gasteiger partial charge in [-0.3, -0.25) is 14.4 Å². The molecule has 0 bridgehead atoms. The Morgan fingerprint density at radius 2 is 1.81 bits per heavy atom. The van der Waals surface area contributed by atoms with Crippen LogP contribution in [0.4, 0.5) is 4.39 Å². The smallest absolute Gasteiger partial charge is 0.352 e. The number of aromatic nitrogens is 3. The van der Waals surface area contributed by atoms with Crippen molar-refractivity contribution >= 4 is 11.9 Å². The zero-order valence-corrected chi connectivity index (χ0v) is 20.1. The molecule has 1 amide bonds. The molecule has 1 aromatic heterocycles. The Morgan fingerprint density at radius 1 is 1.11 bits per heavy atom. The second kappa shape index (κ2) is 10.7. The quantitative estimate of drug-likeness (QED) is 0.488. The minimum Gasteiger partial charge on any atom is -0.466 e. The van der Waals surface area contributed by atoms with Gasteiger partial charge < -0.3 is 9.64 Å². The maximum atomic E-state index is 14.7. The fraction of sp³-hybridized carbons (Fsp3) is 0.346. The summed E-state index contributed by atoms with van der Waals surface area (Å²) >= 11 is 0. The van der Waals surface area contributed by atoms with Gasteiger partial charge in [0.1, 0.15) is 11.5 Å². The molecule has 1 aliphatic rings. The van der Waals surface area contributed by atoms with E-state index < -0.39 is 46.6 Å². The van der Waals surface area contributed by atoms with Crippen LogP contribution in [0.1, 0.15) is 48.8 Å². The van der Waals surface area contributed by atoms with Crippen LogP contribution in [-0.4, -0.2) is 50.8 Å². The minimum absolute atomic E-state index is 0.0614. The summed E-state index contributed by atoms with van der Waals surface area (Å²) in [4.78, 5) is 54.1. The molecule has 0 aliphatic carbocycles. The lowest BCUT2D eigenvalue weighted by Crippen LogP contribution is -2.50. The summed E-state index contributed by atoms with van der Waals surface area (Å²) in [7, 11) is 0. The van der Waals surface area contributed by atoms with E-state index in [-0.39, 0.29) is 18.8 Å². The Morgan fingerprint density at radius 3 is 2.50 bits per heavy atom. The maximum absolute atomic E-state index is 14.7. The van der Waals surface area contributed by atoms with Gasteiger partial charge in [0, 0.05) is 13.1 Å². The van der Waals surface area contributed by atoms with Crippen LogP contribution >= 0.6 is 0 Å². The average molecular weight is 495 g/mol. The molecule has 36 heavy (non-hydrogen) atoms. The van der Waals surface area contributed by atoms with Crippen LogP contribution in [0.15, 0.2) is 64.2 Å². The third kappa shape index (κ3) is 4.84. The van der Waals surface area contributed by atoms with Crippen molar-refractivity contribution in [3.8, 4) is 5.69 Å². The number of esters is 1. The summed E-state index contributed by atoms with van der Waals surface area (Å²) in [5, 5.41) is 4.04. The number of amides is 1. The minimum atomic E-state index is -0.882. The van der Waals surface area contributed by atoms with Gasteiger partial charge in [-0.15, -0.1) is 0 Å². The van der Waals surface area contributed by atoms with E-state index in [4.69, 9.17) is 4.74 Å². The first kappa shape index (κ1) is 25.0. The topological polar surface area (TPSA) is 104 Å². The van der Waals surface area contributed by atoms with Crippen LogP contribution in [0.2, 0.25) is 0 Å². The molecule has 0 radical (unpaired) electrons. The molecule has 4 rings (SSSR count). The van der Waals surface area contributed by atoms with Crippen LogP contribution in [-0.2, 0) is 9.53 Å². The molecule has 1 aliphatic heterocycles. The number of ether oxygens (including phenoxy) is 1. The third-order valence-corrected chi connectivity index (χ3v) is 6.29. The first-order valence-electron chi connectivity index (χ1n) is 11.8. The van der Waals surface area contributed by atoms with Gasteiger partial charge in [0.05, 0.1) is 18.6 Å². The number of carbonyl (C=O) groups excluding carboxylic acids is 2. The van der Waals surface area contributed by atoms with Gasteiger partial charge in [-0.1, -0.05) is 42.5 Å². The van der Waals surface area contributed by atoms with Crippen LogP contribution in [0.25, 0.3) is 5.69 Å². The Bertz CT molecular complexity index is 1390. The van der Waals surface area contributed by atoms with Crippen molar-refractivity contribution in [2.24, 2.45) is 5.92 Å². The van der Waals surface area contributed by atoms with Crippen molar-refractivity contribution in [1.29, 1.82) is 0 Å². The highest BCUT2D eigenvalue weighted by Crippen LogP contribution is 2.20. The molecule has 1 fully saturated rings. The van der Waals surface area contributed by atoms with Gasteiger partial charge in [-0.05, 0) is 44.4 Å². The van der Waals surface area contributed by atoms with Crippen LogP contribution in [0, 0.1) is 11.7 Å². The molecule has 1 saturated heterocycles. The van der Waals surface area contributed by atoms with Crippen molar-refractivity contribution in [2.75, 3.05) is 19.7 Å². The predicted molar refractivity (Wildman–Crippen MR) is 130 cm³/mol. The van der Waals surface area contributed by atoms with E-state index in [9.17, 15) is 23.6 Å². The zero-order valence-electron chi connectivity index (χ0n) is 20.1. The van der Waals surface area contributed by atoms with Crippen LogP contribution in [0.5, 0.6) is 0 Å². The molecule has 0 spiro atoms. The summed E-state index contributed by atoms with van der Waals surface area (Å²) in [6.07, 6.45) is 1.09. The number of piperidine rings is 1. The molecule has 9 nitrogen and oxygen atoms in total. The first-order valence-corrected chi connectivity index (χ1v) is 11.8. The van der Waals surface area contributed by atoms with E-state index in [2.05, 4.69) is 5.10 Å². The van der Waals surface area contributed by atoms with E-state index in [0.717, 1.165) is 15.3 Å². The molecule has 0 saturated carbocycles. The van der Waals surface area contributed by atoms with Gasteiger partial charge in [0.25, 0.3) is 11.5 Å². The van der Waals surface area contributed by atoms with Crippen LogP contribution in [0.3, 0.4) is 0 Å².